The zero-order valence-electron chi connectivity index (χ0n) is 11.7. The molecule has 0 radical (unpaired) electrons. The molecule has 0 aliphatic carbocycles. The number of rotatable bonds is 6. The first-order chi connectivity index (χ1) is 10.0. The van der Waals surface area contributed by atoms with Gasteiger partial charge in [0.15, 0.2) is 0 Å². The summed E-state index contributed by atoms with van der Waals surface area (Å²) in [4.78, 5) is 4.14. The molecule has 7 heteroatoms. The van der Waals surface area contributed by atoms with E-state index in [4.69, 9.17) is 5.26 Å². The lowest BCUT2D eigenvalue weighted by molar-refractivity contribution is 0.569. The number of benzene rings is 1. The molecule has 0 spiro atoms. The maximum atomic E-state index is 12.2. The monoisotopic (exact) mass is 304 g/mol. The summed E-state index contributed by atoms with van der Waals surface area (Å²) in [5.41, 5.74) is 1.02. The van der Waals surface area contributed by atoms with Crippen LogP contribution in [0.15, 0.2) is 41.8 Å². The molecule has 6 nitrogen and oxygen atoms in total. The fourth-order valence-electron chi connectivity index (χ4n) is 1.99. The largest absolute Gasteiger partial charge is 0.337 e. The van der Waals surface area contributed by atoms with Crippen LogP contribution in [-0.4, -0.2) is 24.5 Å². The van der Waals surface area contributed by atoms with Crippen molar-refractivity contribution in [3.63, 3.8) is 0 Å². The first-order valence-corrected chi connectivity index (χ1v) is 7.97. The molecule has 2 aromatic rings. The molecule has 0 amide bonds. The van der Waals surface area contributed by atoms with Crippen LogP contribution < -0.4 is 4.72 Å². The van der Waals surface area contributed by atoms with Crippen molar-refractivity contribution in [2.45, 2.75) is 24.8 Å². The van der Waals surface area contributed by atoms with Gasteiger partial charge in [-0.3, -0.25) is 0 Å². The maximum absolute atomic E-state index is 12.2. The number of aryl methyl sites for hydroxylation is 2. The van der Waals surface area contributed by atoms with Crippen LogP contribution in [0.25, 0.3) is 0 Å². The highest BCUT2D eigenvalue weighted by Gasteiger charge is 2.16. The molecule has 1 aromatic heterocycles. The number of hydrogen-bond acceptors (Lipinski definition) is 4. The van der Waals surface area contributed by atoms with Gasteiger partial charge in [0.2, 0.25) is 10.0 Å². The van der Waals surface area contributed by atoms with Gasteiger partial charge in [0, 0.05) is 25.5 Å². The van der Waals surface area contributed by atoms with Gasteiger partial charge in [0.1, 0.15) is 0 Å². The number of imidazole rings is 1. The Morgan fingerprint density at radius 2 is 2.24 bits per heavy atom. The Morgan fingerprint density at radius 3 is 2.86 bits per heavy atom. The molecule has 0 aliphatic rings. The van der Waals surface area contributed by atoms with Crippen LogP contribution >= 0.6 is 0 Å². The van der Waals surface area contributed by atoms with E-state index in [0.29, 0.717) is 30.6 Å². The third-order valence-electron chi connectivity index (χ3n) is 3.04. The zero-order valence-corrected chi connectivity index (χ0v) is 12.5. The van der Waals surface area contributed by atoms with E-state index >= 15 is 0 Å². The molecule has 21 heavy (non-hydrogen) atoms. The highest BCUT2D eigenvalue weighted by atomic mass is 32.2. The van der Waals surface area contributed by atoms with Crippen molar-refractivity contribution in [1.29, 1.82) is 5.26 Å². The molecule has 1 N–H and O–H groups in total. The molecule has 1 heterocycles. The second-order valence-electron chi connectivity index (χ2n) is 4.64. The van der Waals surface area contributed by atoms with Crippen LogP contribution in [0.1, 0.15) is 17.5 Å². The van der Waals surface area contributed by atoms with E-state index in [-0.39, 0.29) is 4.90 Å². The molecule has 0 fully saturated rings. The Morgan fingerprint density at radius 1 is 1.43 bits per heavy atom. The van der Waals surface area contributed by atoms with Gasteiger partial charge in [-0.25, -0.2) is 18.1 Å². The lowest BCUT2D eigenvalue weighted by atomic mass is 10.2. The number of sulfonamides is 1. The van der Waals surface area contributed by atoms with E-state index in [9.17, 15) is 8.42 Å². The lowest BCUT2D eigenvalue weighted by Crippen LogP contribution is -2.26. The average Bonchev–Trinajstić information content (AvgIpc) is 2.96. The fourth-order valence-corrected chi connectivity index (χ4v) is 3.28. The van der Waals surface area contributed by atoms with Crippen molar-refractivity contribution in [2.24, 2.45) is 0 Å². The fraction of sp³-hybridized carbons (Fsp3) is 0.286. The first kappa shape index (κ1) is 15.2. The van der Waals surface area contributed by atoms with Gasteiger partial charge in [-0.2, -0.15) is 5.26 Å². The van der Waals surface area contributed by atoms with Crippen LogP contribution in [0.2, 0.25) is 0 Å². The summed E-state index contributed by atoms with van der Waals surface area (Å²) >= 11 is 0. The molecule has 0 saturated heterocycles. The summed E-state index contributed by atoms with van der Waals surface area (Å²) in [5.74, 6) is 0. The lowest BCUT2D eigenvalue weighted by Gasteiger charge is -2.09. The van der Waals surface area contributed by atoms with Crippen molar-refractivity contribution in [2.75, 3.05) is 6.54 Å². The summed E-state index contributed by atoms with van der Waals surface area (Å²) in [5, 5.41) is 8.80. The smallest absolute Gasteiger partial charge is 0.240 e. The van der Waals surface area contributed by atoms with Crippen LogP contribution in [-0.2, 0) is 16.6 Å². The van der Waals surface area contributed by atoms with Crippen molar-refractivity contribution >= 4 is 10.0 Å². The minimum atomic E-state index is -3.54. The number of hydrogen-bond donors (Lipinski definition) is 1. The van der Waals surface area contributed by atoms with Gasteiger partial charge < -0.3 is 4.57 Å². The molecule has 0 unspecified atom stereocenters. The standard InChI is InChI=1S/C14H16N4O2S/c1-12-9-13(10-15)3-4-14(12)21(19,20)17-5-2-7-18-8-6-16-11-18/h3-4,6,8-9,11,17H,2,5,7H2,1H3. The van der Waals surface area contributed by atoms with Gasteiger partial charge >= 0.3 is 0 Å². The summed E-state index contributed by atoms with van der Waals surface area (Å²) in [6.45, 7) is 2.73. The van der Waals surface area contributed by atoms with E-state index in [2.05, 4.69) is 9.71 Å². The number of nitriles is 1. The first-order valence-electron chi connectivity index (χ1n) is 6.49. The topological polar surface area (TPSA) is 87.8 Å². The molecular formula is C14H16N4O2S. The van der Waals surface area contributed by atoms with Crippen molar-refractivity contribution in [3.05, 3.63) is 48.0 Å². The molecule has 1 aromatic carbocycles. The van der Waals surface area contributed by atoms with Gasteiger partial charge in [-0.1, -0.05) is 0 Å². The molecule has 0 atom stereocenters. The van der Waals surface area contributed by atoms with Gasteiger partial charge in [0.25, 0.3) is 0 Å². The van der Waals surface area contributed by atoms with Gasteiger partial charge in [-0.15, -0.1) is 0 Å². The highest BCUT2D eigenvalue weighted by molar-refractivity contribution is 7.89. The summed E-state index contributed by atoms with van der Waals surface area (Å²) in [7, 11) is -3.54. The quantitative estimate of drug-likeness (QED) is 0.818. The van der Waals surface area contributed by atoms with E-state index < -0.39 is 10.0 Å². The minimum absolute atomic E-state index is 0.212. The molecule has 0 saturated carbocycles. The van der Waals surface area contributed by atoms with Gasteiger partial charge in [-0.05, 0) is 37.1 Å². The summed E-state index contributed by atoms with van der Waals surface area (Å²) < 4.78 is 28.9. The number of nitrogens with zero attached hydrogens (tertiary/aromatic N) is 3. The number of aromatic nitrogens is 2. The second-order valence-corrected chi connectivity index (χ2v) is 6.38. The number of nitrogens with one attached hydrogen (secondary N) is 1. The molecule has 110 valence electrons. The predicted molar refractivity (Wildman–Crippen MR) is 77.9 cm³/mol. The minimum Gasteiger partial charge on any atom is -0.337 e. The summed E-state index contributed by atoms with van der Waals surface area (Å²) in [6.07, 6.45) is 5.88. The Labute approximate surface area is 124 Å². The van der Waals surface area contributed by atoms with Crippen LogP contribution in [0.5, 0.6) is 0 Å². The maximum Gasteiger partial charge on any atom is 0.240 e. The molecule has 0 aliphatic heterocycles. The SMILES string of the molecule is Cc1cc(C#N)ccc1S(=O)(=O)NCCCn1ccnc1. The Kier molecular flexibility index (Phi) is 4.73. The summed E-state index contributed by atoms with van der Waals surface area (Å²) in [6, 6.07) is 6.53. The van der Waals surface area contributed by atoms with Crippen molar-refractivity contribution in [3.8, 4) is 6.07 Å². The second kappa shape index (κ2) is 6.52. The van der Waals surface area contributed by atoms with E-state index in [1.165, 1.54) is 12.1 Å². The van der Waals surface area contributed by atoms with Crippen LogP contribution in [0, 0.1) is 18.3 Å². The normalized spacial score (nSPS) is 11.2. The van der Waals surface area contributed by atoms with E-state index in [0.717, 1.165) is 0 Å². The van der Waals surface area contributed by atoms with Gasteiger partial charge in [0.05, 0.1) is 22.9 Å². The van der Waals surface area contributed by atoms with Crippen molar-refractivity contribution in [1.82, 2.24) is 14.3 Å². The third kappa shape index (κ3) is 3.90. The molecule has 2 rings (SSSR count). The molecule has 0 bridgehead atoms. The predicted octanol–water partition coefficient (Wildman–Crippen LogP) is 1.43. The average molecular weight is 304 g/mol. The third-order valence-corrected chi connectivity index (χ3v) is 4.66. The zero-order chi connectivity index (χ0) is 15.3. The highest BCUT2D eigenvalue weighted by Crippen LogP contribution is 2.16. The van der Waals surface area contributed by atoms with Crippen LogP contribution in [0.4, 0.5) is 0 Å². The molecular weight excluding hydrogens is 288 g/mol. The van der Waals surface area contributed by atoms with Crippen molar-refractivity contribution < 1.29 is 8.42 Å². The van der Waals surface area contributed by atoms with Crippen LogP contribution in [0.3, 0.4) is 0 Å². The van der Waals surface area contributed by atoms with E-state index in [1.807, 2.05) is 16.8 Å². The Balaban J connectivity index is 1.97. The Bertz CT molecular complexity index is 746. The van der Waals surface area contributed by atoms with E-state index in [1.54, 1.807) is 25.5 Å². The Hall–Kier alpha value is -2.17.